The van der Waals surface area contributed by atoms with Gasteiger partial charge in [0.05, 0.1) is 30.8 Å². The quantitative estimate of drug-likeness (QED) is 0.555. The second-order valence-electron chi connectivity index (χ2n) is 7.53. The molecule has 1 aromatic rings. The van der Waals surface area contributed by atoms with Gasteiger partial charge in [-0.2, -0.15) is 0 Å². The monoisotopic (exact) mass is 427 g/mol. The maximum atomic E-state index is 12.3. The molecule has 0 N–H and O–H groups in total. The van der Waals surface area contributed by atoms with Crippen molar-refractivity contribution < 1.29 is 32.2 Å². The van der Waals surface area contributed by atoms with E-state index in [1.165, 1.54) is 25.1 Å². The molecule has 0 bridgehead atoms. The molecule has 1 unspecified atom stereocenters. The summed E-state index contributed by atoms with van der Waals surface area (Å²) in [5.74, 6) is 0.346. The van der Waals surface area contributed by atoms with Crippen molar-refractivity contribution in [3.8, 4) is 11.5 Å². The number of carbonyl (C=O) groups is 2. The Bertz CT molecular complexity index is 835. The fourth-order valence-corrected chi connectivity index (χ4v) is 4.69. The highest BCUT2D eigenvalue weighted by Crippen LogP contribution is 2.28. The largest absolute Gasteiger partial charge is 0.493 e. The van der Waals surface area contributed by atoms with Crippen molar-refractivity contribution in [2.24, 2.45) is 5.92 Å². The van der Waals surface area contributed by atoms with Gasteiger partial charge in [-0.25, -0.2) is 13.2 Å². The van der Waals surface area contributed by atoms with Crippen LogP contribution in [0.4, 0.5) is 0 Å². The second kappa shape index (κ2) is 9.96. The number of benzene rings is 1. The fraction of sp³-hybridized carbons (Fsp3) is 0.600. The van der Waals surface area contributed by atoms with Crippen molar-refractivity contribution in [1.82, 2.24) is 4.90 Å². The number of esters is 1. The Kier molecular flexibility index (Phi) is 7.89. The van der Waals surface area contributed by atoms with Crippen molar-refractivity contribution in [1.29, 1.82) is 0 Å². The van der Waals surface area contributed by atoms with Crippen LogP contribution >= 0.6 is 0 Å². The summed E-state index contributed by atoms with van der Waals surface area (Å²) >= 11 is 0. The summed E-state index contributed by atoms with van der Waals surface area (Å²) in [4.78, 5) is 25.9. The molecule has 29 heavy (non-hydrogen) atoms. The van der Waals surface area contributed by atoms with Gasteiger partial charge >= 0.3 is 5.97 Å². The van der Waals surface area contributed by atoms with Crippen molar-refractivity contribution in [2.75, 3.05) is 38.9 Å². The third-order valence-corrected chi connectivity index (χ3v) is 6.58. The lowest BCUT2D eigenvalue weighted by atomic mass is 10.1. The maximum absolute atomic E-state index is 12.3. The van der Waals surface area contributed by atoms with Crippen LogP contribution < -0.4 is 9.47 Å². The van der Waals surface area contributed by atoms with Crippen molar-refractivity contribution in [2.45, 2.75) is 32.7 Å². The molecule has 1 saturated heterocycles. The predicted molar refractivity (Wildman–Crippen MR) is 108 cm³/mol. The standard InChI is InChI=1S/C20H29NO7S/c1-14(2)7-9-27-17-6-5-15(11-18(17)26-4)20(23)28-12-19(22)21(3)16-8-10-29(24,25)13-16/h5-6,11,14,16H,7-10,12-13H2,1-4H3. The summed E-state index contributed by atoms with van der Waals surface area (Å²) in [5.41, 5.74) is 0.233. The highest BCUT2D eigenvalue weighted by Gasteiger charge is 2.33. The van der Waals surface area contributed by atoms with E-state index in [2.05, 4.69) is 13.8 Å². The first-order valence-corrected chi connectivity index (χ1v) is 11.4. The molecule has 0 aromatic heterocycles. The summed E-state index contributed by atoms with van der Waals surface area (Å²) in [5, 5.41) is 0. The normalized spacial score (nSPS) is 17.8. The van der Waals surface area contributed by atoms with E-state index in [4.69, 9.17) is 14.2 Å². The Morgan fingerprint density at radius 3 is 2.55 bits per heavy atom. The average Bonchev–Trinajstić information content (AvgIpc) is 3.04. The lowest BCUT2D eigenvalue weighted by Crippen LogP contribution is -2.40. The third-order valence-electron chi connectivity index (χ3n) is 4.83. The van der Waals surface area contributed by atoms with E-state index in [-0.39, 0.29) is 23.1 Å². The molecule has 1 aliphatic heterocycles. The predicted octanol–water partition coefficient (Wildman–Crippen LogP) is 1.92. The van der Waals surface area contributed by atoms with Gasteiger partial charge in [-0.15, -0.1) is 0 Å². The van der Waals surface area contributed by atoms with Gasteiger partial charge < -0.3 is 19.1 Å². The van der Waals surface area contributed by atoms with Gasteiger partial charge in [-0.3, -0.25) is 4.79 Å². The molecule has 8 nitrogen and oxygen atoms in total. The van der Waals surface area contributed by atoms with Gasteiger partial charge in [0.2, 0.25) is 0 Å². The molecule has 9 heteroatoms. The van der Waals surface area contributed by atoms with Crippen LogP contribution in [-0.4, -0.2) is 70.1 Å². The lowest BCUT2D eigenvalue weighted by Gasteiger charge is -2.23. The Labute approximate surface area is 172 Å². The average molecular weight is 428 g/mol. The fourth-order valence-electron chi connectivity index (χ4n) is 2.92. The SMILES string of the molecule is COc1cc(C(=O)OCC(=O)N(C)C2CCS(=O)(=O)C2)ccc1OCCC(C)C. The van der Waals surface area contributed by atoms with Crippen LogP contribution in [0.15, 0.2) is 18.2 Å². The van der Waals surface area contributed by atoms with E-state index in [0.717, 1.165) is 6.42 Å². The topological polar surface area (TPSA) is 99.2 Å². The van der Waals surface area contributed by atoms with Gasteiger partial charge in [0.15, 0.2) is 27.9 Å². The summed E-state index contributed by atoms with van der Waals surface area (Å²) in [6.45, 7) is 4.28. The van der Waals surface area contributed by atoms with Crippen molar-refractivity contribution in [3.05, 3.63) is 23.8 Å². The van der Waals surface area contributed by atoms with Crippen LogP contribution in [0.25, 0.3) is 0 Å². The molecule has 1 heterocycles. The first kappa shape index (κ1) is 23.0. The van der Waals surface area contributed by atoms with Gasteiger partial charge in [-0.1, -0.05) is 13.8 Å². The van der Waals surface area contributed by atoms with Crippen LogP contribution in [0.2, 0.25) is 0 Å². The molecular formula is C20H29NO7S. The molecule has 1 aliphatic rings. The lowest BCUT2D eigenvalue weighted by molar-refractivity contribution is -0.134. The number of amides is 1. The first-order chi connectivity index (χ1) is 13.6. The number of likely N-dealkylation sites (N-methyl/N-ethyl adjacent to an activating group) is 1. The van der Waals surface area contributed by atoms with Crippen LogP contribution in [0.1, 0.15) is 37.0 Å². The van der Waals surface area contributed by atoms with Crippen LogP contribution in [0.3, 0.4) is 0 Å². The molecule has 1 amide bonds. The zero-order chi connectivity index (χ0) is 21.6. The highest BCUT2D eigenvalue weighted by atomic mass is 32.2. The number of sulfone groups is 1. The molecule has 2 rings (SSSR count). The van der Waals surface area contributed by atoms with E-state index >= 15 is 0 Å². The zero-order valence-electron chi connectivity index (χ0n) is 17.3. The number of ether oxygens (including phenoxy) is 3. The molecular weight excluding hydrogens is 398 g/mol. The number of hydrogen-bond acceptors (Lipinski definition) is 7. The van der Waals surface area contributed by atoms with Gasteiger partial charge in [0, 0.05) is 13.1 Å². The molecule has 1 aromatic carbocycles. The minimum absolute atomic E-state index is 0.0569. The van der Waals surface area contributed by atoms with E-state index in [9.17, 15) is 18.0 Å². The smallest absolute Gasteiger partial charge is 0.338 e. The number of hydrogen-bond donors (Lipinski definition) is 0. The van der Waals surface area contributed by atoms with E-state index in [1.54, 1.807) is 12.1 Å². The molecule has 0 radical (unpaired) electrons. The number of carbonyl (C=O) groups excluding carboxylic acids is 2. The summed E-state index contributed by atoms with van der Waals surface area (Å²) in [7, 11) is -0.0973. The van der Waals surface area contributed by atoms with Crippen LogP contribution in [0, 0.1) is 5.92 Å². The second-order valence-corrected chi connectivity index (χ2v) is 9.76. The molecule has 1 fully saturated rings. The summed E-state index contributed by atoms with van der Waals surface area (Å²) in [6, 6.07) is 4.30. The Hall–Kier alpha value is -2.29. The number of rotatable bonds is 9. The Morgan fingerprint density at radius 1 is 1.24 bits per heavy atom. The zero-order valence-corrected chi connectivity index (χ0v) is 18.2. The molecule has 0 aliphatic carbocycles. The Balaban J connectivity index is 1.92. The third kappa shape index (κ3) is 6.62. The highest BCUT2D eigenvalue weighted by molar-refractivity contribution is 7.91. The minimum atomic E-state index is -3.10. The van der Waals surface area contributed by atoms with Gasteiger partial charge in [0.1, 0.15) is 0 Å². The van der Waals surface area contributed by atoms with Crippen LogP contribution in [0.5, 0.6) is 11.5 Å². The maximum Gasteiger partial charge on any atom is 0.338 e. The minimum Gasteiger partial charge on any atom is -0.493 e. The van der Waals surface area contributed by atoms with Gasteiger partial charge in [0.25, 0.3) is 5.91 Å². The summed E-state index contributed by atoms with van der Waals surface area (Å²) in [6.07, 6.45) is 1.29. The molecule has 0 spiro atoms. The molecule has 162 valence electrons. The summed E-state index contributed by atoms with van der Waals surface area (Å²) < 4.78 is 39.2. The van der Waals surface area contributed by atoms with E-state index in [1.807, 2.05) is 0 Å². The van der Waals surface area contributed by atoms with E-state index < -0.39 is 28.3 Å². The first-order valence-electron chi connectivity index (χ1n) is 9.57. The number of nitrogens with zero attached hydrogens (tertiary/aromatic N) is 1. The van der Waals surface area contributed by atoms with Crippen molar-refractivity contribution >= 4 is 21.7 Å². The number of methoxy groups -OCH3 is 1. The molecule has 1 atom stereocenters. The van der Waals surface area contributed by atoms with Crippen LogP contribution in [-0.2, 0) is 19.4 Å². The Morgan fingerprint density at radius 2 is 1.97 bits per heavy atom. The van der Waals surface area contributed by atoms with Gasteiger partial charge in [-0.05, 0) is 37.0 Å². The van der Waals surface area contributed by atoms with Crippen molar-refractivity contribution in [3.63, 3.8) is 0 Å². The molecule has 0 saturated carbocycles. The van der Waals surface area contributed by atoms with E-state index in [0.29, 0.717) is 30.4 Å².